The second-order valence-corrected chi connectivity index (χ2v) is 7.46. The van der Waals surface area contributed by atoms with E-state index < -0.39 is 0 Å². The molecule has 130 valence electrons. The van der Waals surface area contributed by atoms with Crippen LogP contribution in [-0.4, -0.2) is 29.6 Å². The van der Waals surface area contributed by atoms with Crippen LogP contribution in [-0.2, 0) is 6.42 Å². The van der Waals surface area contributed by atoms with Gasteiger partial charge in [0.15, 0.2) is 0 Å². The van der Waals surface area contributed by atoms with Gasteiger partial charge in [-0.3, -0.25) is 0 Å². The molecule has 25 heavy (non-hydrogen) atoms. The van der Waals surface area contributed by atoms with Gasteiger partial charge in [-0.05, 0) is 81.1 Å². The maximum absolute atomic E-state index is 14.1. The second-order valence-electron chi connectivity index (χ2n) is 7.46. The van der Waals surface area contributed by atoms with Crippen molar-refractivity contribution in [1.29, 1.82) is 0 Å². The lowest BCUT2D eigenvalue weighted by Crippen LogP contribution is -2.32. The molecule has 0 amide bonds. The van der Waals surface area contributed by atoms with Gasteiger partial charge in [0, 0.05) is 23.8 Å². The molecule has 0 radical (unpaired) electrons. The van der Waals surface area contributed by atoms with Crippen molar-refractivity contribution in [1.82, 2.24) is 9.47 Å². The molecule has 0 N–H and O–H groups in total. The molecule has 4 rings (SSSR count). The number of rotatable bonds is 3. The van der Waals surface area contributed by atoms with E-state index in [-0.39, 0.29) is 5.82 Å². The quantitative estimate of drug-likeness (QED) is 0.656. The SMILES string of the molecule is Cc1ccc(F)c2ccn(-c3cccc(CC4CCCN(C)C4)c3)c12. The molecule has 2 heterocycles. The van der Waals surface area contributed by atoms with Crippen LogP contribution in [0, 0.1) is 18.7 Å². The molecular formula is C22H25FN2. The molecule has 1 unspecified atom stereocenters. The van der Waals surface area contributed by atoms with Crippen molar-refractivity contribution in [3.05, 3.63) is 65.6 Å². The van der Waals surface area contributed by atoms with Gasteiger partial charge in [-0.15, -0.1) is 0 Å². The van der Waals surface area contributed by atoms with Crippen molar-refractivity contribution in [2.24, 2.45) is 5.92 Å². The van der Waals surface area contributed by atoms with Crippen LogP contribution in [0.4, 0.5) is 4.39 Å². The number of aryl methyl sites for hydroxylation is 1. The molecule has 2 nitrogen and oxygen atoms in total. The van der Waals surface area contributed by atoms with E-state index in [4.69, 9.17) is 0 Å². The zero-order valence-electron chi connectivity index (χ0n) is 15.0. The number of nitrogens with zero attached hydrogens (tertiary/aromatic N) is 2. The Bertz CT molecular complexity index is 896. The van der Waals surface area contributed by atoms with Gasteiger partial charge < -0.3 is 9.47 Å². The van der Waals surface area contributed by atoms with E-state index >= 15 is 0 Å². The molecule has 2 aromatic carbocycles. The fraction of sp³-hybridized carbons (Fsp3) is 0.364. The maximum Gasteiger partial charge on any atom is 0.132 e. The first-order valence-corrected chi connectivity index (χ1v) is 9.16. The summed E-state index contributed by atoms with van der Waals surface area (Å²) in [6.45, 7) is 4.44. The monoisotopic (exact) mass is 336 g/mol. The first kappa shape index (κ1) is 16.3. The molecule has 1 aliphatic rings. The molecule has 0 bridgehead atoms. The fourth-order valence-electron chi connectivity index (χ4n) is 4.22. The molecule has 1 fully saturated rings. The van der Waals surface area contributed by atoms with Crippen LogP contribution in [0.3, 0.4) is 0 Å². The minimum atomic E-state index is -0.152. The van der Waals surface area contributed by atoms with Crippen molar-refractivity contribution in [3.8, 4) is 5.69 Å². The highest BCUT2D eigenvalue weighted by atomic mass is 19.1. The Hall–Kier alpha value is -2.13. The number of hydrogen-bond acceptors (Lipinski definition) is 1. The van der Waals surface area contributed by atoms with Gasteiger partial charge in [0.05, 0.1) is 5.52 Å². The Morgan fingerprint density at radius 3 is 2.88 bits per heavy atom. The summed E-state index contributed by atoms with van der Waals surface area (Å²) in [6, 6.07) is 14.0. The molecule has 1 atom stereocenters. The van der Waals surface area contributed by atoms with Gasteiger partial charge in [0.1, 0.15) is 5.82 Å². The van der Waals surface area contributed by atoms with E-state index in [1.165, 1.54) is 31.5 Å². The van der Waals surface area contributed by atoms with Crippen LogP contribution < -0.4 is 0 Å². The number of hydrogen-bond donors (Lipinski definition) is 0. The number of halogens is 1. The number of likely N-dealkylation sites (tertiary alicyclic amines) is 1. The summed E-state index contributed by atoms with van der Waals surface area (Å²) in [7, 11) is 2.21. The lowest BCUT2D eigenvalue weighted by molar-refractivity contribution is 0.209. The average molecular weight is 336 g/mol. The van der Waals surface area contributed by atoms with Gasteiger partial charge in [-0.1, -0.05) is 18.2 Å². The van der Waals surface area contributed by atoms with E-state index in [0.717, 1.165) is 29.1 Å². The molecule has 3 aromatic rings. The smallest absolute Gasteiger partial charge is 0.132 e. The topological polar surface area (TPSA) is 8.17 Å². The maximum atomic E-state index is 14.1. The first-order chi connectivity index (χ1) is 12.1. The Kier molecular flexibility index (Phi) is 4.34. The van der Waals surface area contributed by atoms with E-state index in [1.54, 1.807) is 6.07 Å². The Balaban J connectivity index is 1.67. The fourth-order valence-corrected chi connectivity index (χ4v) is 4.22. The van der Waals surface area contributed by atoms with Gasteiger partial charge in [-0.25, -0.2) is 4.39 Å². The van der Waals surface area contributed by atoms with Gasteiger partial charge in [0.25, 0.3) is 0 Å². The molecule has 0 saturated carbocycles. The largest absolute Gasteiger partial charge is 0.316 e. The summed E-state index contributed by atoms with van der Waals surface area (Å²) in [6.07, 6.45) is 5.70. The summed E-state index contributed by atoms with van der Waals surface area (Å²) in [5.41, 5.74) is 4.55. The molecular weight excluding hydrogens is 311 g/mol. The van der Waals surface area contributed by atoms with Gasteiger partial charge in [0.2, 0.25) is 0 Å². The third-order valence-electron chi connectivity index (χ3n) is 5.43. The Morgan fingerprint density at radius 2 is 2.04 bits per heavy atom. The standard InChI is InChI=1S/C22H25FN2/c1-16-8-9-21(23)20-10-12-25(22(16)20)19-7-3-5-17(14-19)13-18-6-4-11-24(2)15-18/h3,5,7-10,12,14,18H,4,6,11,13,15H2,1-2H3. The van der Waals surface area contributed by atoms with Crippen molar-refractivity contribution in [3.63, 3.8) is 0 Å². The Morgan fingerprint density at radius 1 is 1.16 bits per heavy atom. The highest BCUT2D eigenvalue weighted by Crippen LogP contribution is 2.27. The number of fused-ring (bicyclic) bond motifs is 1. The average Bonchev–Trinajstić information content (AvgIpc) is 3.05. The summed E-state index contributed by atoms with van der Waals surface area (Å²) in [5, 5.41) is 0.694. The predicted molar refractivity (Wildman–Crippen MR) is 102 cm³/mol. The third kappa shape index (κ3) is 3.21. The molecule has 1 saturated heterocycles. The minimum Gasteiger partial charge on any atom is -0.316 e. The highest BCUT2D eigenvalue weighted by Gasteiger charge is 2.18. The number of piperidine rings is 1. The van der Waals surface area contributed by atoms with Crippen molar-refractivity contribution >= 4 is 10.9 Å². The molecule has 0 spiro atoms. The summed E-state index contributed by atoms with van der Waals surface area (Å²) < 4.78 is 16.2. The van der Waals surface area contributed by atoms with Gasteiger partial charge >= 0.3 is 0 Å². The second kappa shape index (κ2) is 6.64. The van der Waals surface area contributed by atoms with Crippen LogP contribution in [0.5, 0.6) is 0 Å². The van der Waals surface area contributed by atoms with Crippen molar-refractivity contribution < 1.29 is 4.39 Å². The molecule has 1 aliphatic heterocycles. The van der Waals surface area contributed by atoms with E-state index in [2.05, 4.69) is 40.8 Å². The summed E-state index contributed by atoms with van der Waals surface area (Å²) in [5.74, 6) is 0.579. The number of benzene rings is 2. The summed E-state index contributed by atoms with van der Waals surface area (Å²) >= 11 is 0. The van der Waals surface area contributed by atoms with E-state index in [9.17, 15) is 4.39 Å². The third-order valence-corrected chi connectivity index (χ3v) is 5.43. The lowest BCUT2D eigenvalue weighted by Gasteiger charge is -2.29. The minimum absolute atomic E-state index is 0.152. The Labute approximate surface area is 148 Å². The van der Waals surface area contributed by atoms with Crippen LogP contribution in [0.15, 0.2) is 48.7 Å². The van der Waals surface area contributed by atoms with E-state index in [0.29, 0.717) is 5.39 Å². The van der Waals surface area contributed by atoms with Crippen molar-refractivity contribution in [2.45, 2.75) is 26.2 Å². The van der Waals surface area contributed by atoms with Crippen LogP contribution in [0.25, 0.3) is 16.6 Å². The molecule has 3 heteroatoms. The zero-order valence-corrected chi connectivity index (χ0v) is 15.0. The van der Waals surface area contributed by atoms with Crippen LogP contribution >= 0.6 is 0 Å². The molecule has 0 aliphatic carbocycles. The van der Waals surface area contributed by atoms with Crippen molar-refractivity contribution in [2.75, 3.05) is 20.1 Å². The van der Waals surface area contributed by atoms with E-state index in [1.807, 2.05) is 25.3 Å². The lowest BCUT2D eigenvalue weighted by atomic mass is 9.91. The normalized spacial score (nSPS) is 18.8. The van der Waals surface area contributed by atoms with Crippen LogP contribution in [0.2, 0.25) is 0 Å². The van der Waals surface area contributed by atoms with Gasteiger partial charge in [-0.2, -0.15) is 0 Å². The zero-order chi connectivity index (χ0) is 17.4. The molecule has 1 aromatic heterocycles. The summed E-state index contributed by atoms with van der Waals surface area (Å²) in [4.78, 5) is 2.43. The van der Waals surface area contributed by atoms with Crippen LogP contribution in [0.1, 0.15) is 24.0 Å². The predicted octanol–water partition coefficient (Wildman–Crippen LogP) is 4.96. The highest BCUT2D eigenvalue weighted by molar-refractivity contribution is 5.85. The first-order valence-electron chi connectivity index (χ1n) is 9.16. The number of aromatic nitrogens is 1.